The quantitative estimate of drug-likeness (QED) is 0.322. The van der Waals surface area contributed by atoms with Gasteiger partial charge in [0.25, 0.3) is 0 Å². The Balaban J connectivity index is 2.75. The summed E-state index contributed by atoms with van der Waals surface area (Å²) in [6.07, 6.45) is 0. The first-order valence-electron chi connectivity index (χ1n) is 3.26. The van der Waals surface area contributed by atoms with Gasteiger partial charge in [-0.25, -0.2) is 10.6 Å². The van der Waals surface area contributed by atoms with Gasteiger partial charge >= 0.3 is 5.97 Å². The first-order valence-corrected chi connectivity index (χ1v) is 3.26. The maximum atomic E-state index is 11.0. The maximum absolute atomic E-state index is 11.0. The van der Waals surface area contributed by atoms with Gasteiger partial charge in [-0.2, -0.15) is 0 Å². The summed E-state index contributed by atoms with van der Waals surface area (Å²) in [5, 5.41) is 0. The average molecular weight is 167 g/mol. The average Bonchev–Trinajstić information content (AvgIpc) is 2.06. The molecule has 12 heavy (non-hydrogen) atoms. The van der Waals surface area contributed by atoms with Gasteiger partial charge in [-0.05, 0) is 24.3 Å². The zero-order chi connectivity index (χ0) is 8.97. The third-order valence-corrected chi connectivity index (χ3v) is 1.30. The van der Waals surface area contributed by atoms with Crippen molar-refractivity contribution in [3.8, 4) is 0 Å². The summed E-state index contributed by atoms with van der Waals surface area (Å²) in [5.41, 5.74) is 8.19. The lowest BCUT2D eigenvalue weighted by Gasteiger charge is -2.00. The van der Waals surface area contributed by atoms with E-state index in [-0.39, 0.29) is 0 Å². The summed E-state index contributed by atoms with van der Waals surface area (Å²) < 4.78 is 0. The molecule has 1 aromatic carbocycles. The zero-order valence-corrected chi connectivity index (χ0v) is 6.28. The van der Waals surface area contributed by atoms with Crippen LogP contribution in [0.1, 0.15) is 10.4 Å². The summed E-state index contributed by atoms with van der Waals surface area (Å²) in [5.74, 6) is 4.23. The van der Waals surface area contributed by atoms with Crippen LogP contribution in [0.5, 0.6) is 0 Å². The molecule has 1 rings (SSSR count). The number of carbonyl (C=O) groups excluding carboxylic acids is 1. The van der Waals surface area contributed by atoms with E-state index in [1.165, 1.54) is 0 Å². The van der Waals surface area contributed by atoms with Crippen molar-refractivity contribution >= 4 is 11.7 Å². The van der Waals surface area contributed by atoms with Crippen LogP contribution in [0.2, 0.25) is 0 Å². The molecule has 0 unspecified atom stereocenters. The van der Waals surface area contributed by atoms with Gasteiger partial charge < -0.3 is 10.6 Å². The van der Waals surface area contributed by atoms with E-state index in [1.807, 2.05) is 0 Å². The summed E-state index contributed by atoms with van der Waals surface area (Å²) in [6, 6.07) is 6.31. The molecule has 0 spiro atoms. The number of hydrogen-bond donors (Lipinski definition) is 3. The predicted octanol–water partition coefficient (Wildman–Crippen LogP) is -0.196. The van der Waals surface area contributed by atoms with Gasteiger partial charge in [0.2, 0.25) is 0 Å². The van der Waals surface area contributed by atoms with Crippen molar-refractivity contribution in [1.82, 2.24) is 5.59 Å². The van der Waals surface area contributed by atoms with Crippen LogP contribution in [0, 0.1) is 0 Å². The van der Waals surface area contributed by atoms with E-state index in [2.05, 4.69) is 4.84 Å². The fourth-order valence-electron chi connectivity index (χ4n) is 0.732. The lowest BCUT2D eigenvalue weighted by atomic mass is 10.2. The smallest absolute Gasteiger partial charge is 0.357 e. The molecule has 0 fully saturated rings. The minimum absolute atomic E-state index is 0.391. The molecule has 5 nitrogen and oxygen atoms in total. The number of carbonyl (C=O) groups is 1. The van der Waals surface area contributed by atoms with Crippen molar-refractivity contribution in [3.63, 3.8) is 0 Å². The molecule has 0 amide bonds. The normalized spacial score (nSPS) is 9.42. The molecular formula is C7H9N3O2. The number of nitrogens with two attached hydrogens (primary N) is 2. The Hall–Kier alpha value is -1.59. The van der Waals surface area contributed by atoms with Gasteiger partial charge in [-0.3, -0.25) is 0 Å². The van der Waals surface area contributed by atoms with Crippen LogP contribution in [0.25, 0.3) is 0 Å². The minimum Gasteiger partial charge on any atom is -0.399 e. The number of hydrazine groups is 1. The van der Waals surface area contributed by atoms with Crippen LogP contribution in [0.3, 0.4) is 0 Å². The summed E-state index contributed by atoms with van der Waals surface area (Å²) in [7, 11) is 0. The fraction of sp³-hybridized carbons (Fsp3) is 0. The monoisotopic (exact) mass is 167 g/mol. The minimum atomic E-state index is -0.544. The fourth-order valence-corrected chi connectivity index (χ4v) is 0.732. The summed E-state index contributed by atoms with van der Waals surface area (Å²) in [4.78, 5) is 15.3. The highest BCUT2D eigenvalue weighted by atomic mass is 16.7. The highest BCUT2D eigenvalue weighted by Gasteiger charge is 2.04. The molecule has 64 valence electrons. The molecule has 0 saturated heterocycles. The van der Waals surface area contributed by atoms with E-state index in [0.717, 1.165) is 0 Å². The third-order valence-electron chi connectivity index (χ3n) is 1.30. The molecule has 0 radical (unpaired) electrons. The van der Waals surface area contributed by atoms with Crippen molar-refractivity contribution in [3.05, 3.63) is 29.8 Å². The van der Waals surface area contributed by atoms with Crippen LogP contribution >= 0.6 is 0 Å². The first-order chi connectivity index (χ1) is 5.74. The van der Waals surface area contributed by atoms with Crippen LogP contribution in [-0.4, -0.2) is 5.97 Å². The van der Waals surface area contributed by atoms with Gasteiger partial charge in [-0.1, -0.05) is 5.59 Å². The molecule has 1 aromatic rings. The number of hydrogen-bond acceptors (Lipinski definition) is 5. The molecule has 5 heteroatoms. The van der Waals surface area contributed by atoms with Gasteiger partial charge in [0, 0.05) is 5.69 Å². The molecule has 0 bridgehead atoms. The highest BCUT2D eigenvalue weighted by molar-refractivity contribution is 5.89. The Kier molecular flexibility index (Phi) is 2.62. The Labute approximate surface area is 69.2 Å². The van der Waals surface area contributed by atoms with E-state index in [0.29, 0.717) is 11.3 Å². The summed E-state index contributed by atoms with van der Waals surface area (Å²) in [6.45, 7) is 0. The van der Waals surface area contributed by atoms with Gasteiger partial charge in [0.15, 0.2) is 0 Å². The standard InChI is InChI=1S/C7H9N3O2/c8-6-3-1-5(2-4-6)7(11)12-10-9/h1-4,10H,8-9H2. The molecule has 5 N–H and O–H groups in total. The Morgan fingerprint density at radius 3 is 2.42 bits per heavy atom. The van der Waals surface area contributed by atoms with Crippen molar-refractivity contribution < 1.29 is 9.63 Å². The van der Waals surface area contributed by atoms with E-state index in [1.54, 1.807) is 29.9 Å². The van der Waals surface area contributed by atoms with Crippen LogP contribution in [0.4, 0.5) is 5.69 Å². The second-order valence-electron chi connectivity index (χ2n) is 2.13. The van der Waals surface area contributed by atoms with Crippen molar-refractivity contribution in [2.45, 2.75) is 0 Å². The number of anilines is 1. The third kappa shape index (κ3) is 1.94. The SMILES string of the molecule is NNOC(=O)c1ccc(N)cc1. The Morgan fingerprint density at radius 2 is 1.92 bits per heavy atom. The summed E-state index contributed by atoms with van der Waals surface area (Å²) >= 11 is 0. The van der Waals surface area contributed by atoms with Gasteiger partial charge in [0.05, 0.1) is 5.56 Å². The molecule has 0 heterocycles. The van der Waals surface area contributed by atoms with E-state index in [4.69, 9.17) is 11.6 Å². The van der Waals surface area contributed by atoms with E-state index in [9.17, 15) is 4.79 Å². The lowest BCUT2D eigenvalue weighted by molar-refractivity contribution is 0.0254. The lowest BCUT2D eigenvalue weighted by Crippen LogP contribution is -2.26. The second-order valence-corrected chi connectivity index (χ2v) is 2.13. The molecule has 0 aliphatic rings. The van der Waals surface area contributed by atoms with Gasteiger partial charge in [-0.15, -0.1) is 0 Å². The predicted molar refractivity (Wildman–Crippen MR) is 43.6 cm³/mol. The molecule has 0 aromatic heterocycles. The van der Waals surface area contributed by atoms with Crippen molar-refractivity contribution in [2.24, 2.45) is 5.84 Å². The van der Waals surface area contributed by atoms with Crippen LogP contribution in [0.15, 0.2) is 24.3 Å². The maximum Gasteiger partial charge on any atom is 0.357 e. The second kappa shape index (κ2) is 3.70. The van der Waals surface area contributed by atoms with Crippen molar-refractivity contribution in [1.29, 1.82) is 0 Å². The number of benzene rings is 1. The zero-order valence-electron chi connectivity index (χ0n) is 6.28. The van der Waals surface area contributed by atoms with E-state index < -0.39 is 5.97 Å². The number of nitrogens with one attached hydrogen (secondary N) is 1. The molecule has 0 aliphatic heterocycles. The van der Waals surface area contributed by atoms with Crippen LogP contribution in [-0.2, 0) is 4.84 Å². The van der Waals surface area contributed by atoms with Crippen molar-refractivity contribution in [2.75, 3.05) is 5.73 Å². The molecular weight excluding hydrogens is 158 g/mol. The molecule has 0 saturated carbocycles. The molecule has 0 atom stereocenters. The Morgan fingerprint density at radius 1 is 1.33 bits per heavy atom. The topological polar surface area (TPSA) is 90.4 Å². The molecule has 0 aliphatic carbocycles. The van der Waals surface area contributed by atoms with Crippen LogP contribution < -0.4 is 17.2 Å². The van der Waals surface area contributed by atoms with E-state index >= 15 is 0 Å². The Bertz CT molecular complexity index is 270. The first kappa shape index (κ1) is 8.51. The number of nitrogen functional groups attached to an aromatic ring is 1. The highest BCUT2D eigenvalue weighted by Crippen LogP contribution is 2.05. The van der Waals surface area contributed by atoms with Gasteiger partial charge in [0.1, 0.15) is 0 Å². The number of rotatable bonds is 2. The largest absolute Gasteiger partial charge is 0.399 e.